The van der Waals surface area contributed by atoms with Crippen molar-refractivity contribution in [2.24, 2.45) is 0 Å². The van der Waals surface area contributed by atoms with Crippen LogP contribution in [0.15, 0.2) is 41.2 Å². The molecular formula is C24H30N4O5. The number of aromatic nitrogens is 3. The fourth-order valence-electron chi connectivity index (χ4n) is 3.90. The van der Waals surface area contributed by atoms with Crippen LogP contribution in [0.25, 0.3) is 17.1 Å². The van der Waals surface area contributed by atoms with E-state index in [0.29, 0.717) is 30.0 Å². The van der Waals surface area contributed by atoms with Crippen molar-refractivity contribution in [2.75, 3.05) is 39.5 Å². The number of rotatable bonds is 8. The molecule has 0 bridgehead atoms. The Morgan fingerprint density at radius 1 is 1.12 bits per heavy atom. The van der Waals surface area contributed by atoms with E-state index in [0.717, 1.165) is 38.4 Å². The fourth-order valence-corrected chi connectivity index (χ4v) is 3.90. The summed E-state index contributed by atoms with van der Waals surface area (Å²) in [5.41, 5.74) is 2.21. The number of benzene rings is 2. The highest BCUT2D eigenvalue weighted by Crippen LogP contribution is 2.37. The van der Waals surface area contributed by atoms with Crippen molar-refractivity contribution in [3.8, 4) is 28.6 Å². The van der Waals surface area contributed by atoms with Gasteiger partial charge >= 0.3 is 5.69 Å². The summed E-state index contributed by atoms with van der Waals surface area (Å²) < 4.78 is 12.6. The number of aromatic amines is 1. The molecule has 1 saturated heterocycles. The molecule has 1 aliphatic rings. The lowest BCUT2D eigenvalue weighted by atomic mass is 9.98. The van der Waals surface area contributed by atoms with Crippen LogP contribution in [0.5, 0.6) is 11.5 Å². The number of phenolic OH excluding ortho intramolecular Hbond substituents is 2. The second-order valence-electron chi connectivity index (χ2n) is 8.44. The van der Waals surface area contributed by atoms with Crippen LogP contribution in [0.4, 0.5) is 0 Å². The van der Waals surface area contributed by atoms with Crippen molar-refractivity contribution >= 4 is 0 Å². The third-order valence-electron chi connectivity index (χ3n) is 5.80. The Morgan fingerprint density at radius 3 is 2.55 bits per heavy atom. The van der Waals surface area contributed by atoms with Crippen molar-refractivity contribution < 1.29 is 19.7 Å². The maximum absolute atomic E-state index is 12.5. The van der Waals surface area contributed by atoms with Gasteiger partial charge in [0.25, 0.3) is 0 Å². The minimum absolute atomic E-state index is 0.00801. The molecule has 0 spiro atoms. The zero-order valence-corrected chi connectivity index (χ0v) is 19.0. The first-order valence-electron chi connectivity index (χ1n) is 11.1. The largest absolute Gasteiger partial charge is 0.508 e. The minimum Gasteiger partial charge on any atom is -0.508 e. The van der Waals surface area contributed by atoms with Crippen molar-refractivity contribution in [3.05, 3.63) is 58.0 Å². The summed E-state index contributed by atoms with van der Waals surface area (Å²) in [4.78, 5) is 14.9. The molecule has 1 aliphatic heterocycles. The minimum atomic E-state index is -0.418. The van der Waals surface area contributed by atoms with Gasteiger partial charge in [-0.05, 0) is 35.2 Å². The van der Waals surface area contributed by atoms with Crippen molar-refractivity contribution in [1.29, 1.82) is 0 Å². The lowest BCUT2D eigenvalue weighted by molar-refractivity contribution is 0.0180. The fraction of sp³-hybridized carbons (Fsp3) is 0.417. The van der Waals surface area contributed by atoms with Gasteiger partial charge in [-0.15, -0.1) is 0 Å². The van der Waals surface area contributed by atoms with Gasteiger partial charge in [0.05, 0.1) is 37.7 Å². The molecule has 9 nitrogen and oxygen atoms in total. The average molecular weight is 455 g/mol. The Labute approximate surface area is 192 Å². The van der Waals surface area contributed by atoms with Gasteiger partial charge in [-0.2, -0.15) is 5.10 Å². The molecule has 2 aromatic carbocycles. The number of nitrogens with zero attached hydrogens (tertiary/aromatic N) is 3. The first-order valence-corrected chi connectivity index (χ1v) is 11.1. The summed E-state index contributed by atoms with van der Waals surface area (Å²) in [6.45, 7) is 9.31. The topological polar surface area (TPSA) is 113 Å². The van der Waals surface area contributed by atoms with Crippen LogP contribution in [0, 0.1) is 0 Å². The third kappa shape index (κ3) is 5.27. The quantitative estimate of drug-likeness (QED) is 0.449. The summed E-state index contributed by atoms with van der Waals surface area (Å²) >= 11 is 0. The van der Waals surface area contributed by atoms with E-state index >= 15 is 0 Å². The second kappa shape index (κ2) is 10.2. The Balaban J connectivity index is 1.49. The predicted molar refractivity (Wildman–Crippen MR) is 124 cm³/mol. The number of nitrogens with one attached hydrogen (secondary N) is 1. The van der Waals surface area contributed by atoms with Crippen molar-refractivity contribution in [1.82, 2.24) is 19.7 Å². The van der Waals surface area contributed by atoms with Gasteiger partial charge in [-0.1, -0.05) is 26.0 Å². The molecule has 0 radical (unpaired) electrons. The predicted octanol–water partition coefficient (Wildman–Crippen LogP) is 2.61. The molecule has 0 aliphatic carbocycles. The maximum Gasteiger partial charge on any atom is 0.348 e. The van der Waals surface area contributed by atoms with E-state index in [-0.39, 0.29) is 23.2 Å². The Kier molecular flexibility index (Phi) is 7.12. The zero-order valence-electron chi connectivity index (χ0n) is 19.0. The van der Waals surface area contributed by atoms with E-state index in [2.05, 4.69) is 15.1 Å². The number of hydrogen-bond acceptors (Lipinski definition) is 7. The number of aromatic hydroxyl groups is 2. The van der Waals surface area contributed by atoms with E-state index in [4.69, 9.17) is 9.47 Å². The van der Waals surface area contributed by atoms with E-state index < -0.39 is 5.69 Å². The molecule has 9 heteroatoms. The number of ether oxygens (including phenoxy) is 2. The number of phenols is 2. The highest BCUT2D eigenvalue weighted by molar-refractivity contribution is 5.69. The molecule has 0 amide bonds. The molecule has 4 rings (SSSR count). The first kappa shape index (κ1) is 23.0. The van der Waals surface area contributed by atoms with Crippen molar-refractivity contribution in [2.45, 2.75) is 26.4 Å². The van der Waals surface area contributed by atoms with E-state index in [1.165, 1.54) is 10.6 Å². The number of H-pyrrole nitrogens is 1. The molecule has 3 aromatic rings. The van der Waals surface area contributed by atoms with Gasteiger partial charge in [0, 0.05) is 25.7 Å². The molecule has 0 atom stereocenters. The van der Waals surface area contributed by atoms with E-state index in [9.17, 15) is 15.0 Å². The first-order chi connectivity index (χ1) is 15.9. The Hall–Kier alpha value is -3.14. The smallest absolute Gasteiger partial charge is 0.348 e. The summed E-state index contributed by atoms with van der Waals surface area (Å²) in [5, 5.41) is 27.2. The standard InChI is InChI=1S/C24H30N4O5/c1-16(2)19-13-20(22(30)14-21(19)29)23-25-26-24(31)28(23)18-5-3-17(4-6-18)15-33-12-9-27-7-10-32-11-8-27/h3-6,13-14,16,29-30H,7-12,15H2,1-2H3,(H,26,31). The zero-order chi connectivity index (χ0) is 23.4. The van der Waals surface area contributed by atoms with Crippen LogP contribution in [-0.2, 0) is 16.1 Å². The molecule has 176 valence electrons. The van der Waals surface area contributed by atoms with Crippen LogP contribution < -0.4 is 5.69 Å². The van der Waals surface area contributed by atoms with Gasteiger partial charge in [0.15, 0.2) is 5.82 Å². The summed E-state index contributed by atoms with van der Waals surface area (Å²) in [7, 11) is 0. The molecule has 1 aromatic heterocycles. The normalized spacial score (nSPS) is 14.8. The molecule has 3 N–H and O–H groups in total. The lowest BCUT2D eigenvalue weighted by Crippen LogP contribution is -2.38. The van der Waals surface area contributed by atoms with Crippen LogP contribution in [0.3, 0.4) is 0 Å². The van der Waals surface area contributed by atoms with Gasteiger partial charge in [0.1, 0.15) is 11.5 Å². The highest BCUT2D eigenvalue weighted by Gasteiger charge is 2.19. The van der Waals surface area contributed by atoms with Crippen LogP contribution in [0.2, 0.25) is 0 Å². The van der Waals surface area contributed by atoms with Crippen LogP contribution in [-0.4, -0.2) is 69.3 Å². The van der Waals surface area contributed by atoms with Crippen LogP contribution in [0.1, 0.15) is 30.9 Å². The summed E-state index contributed by atoms with van der Waals surface area (Å²) in [6, 6.07) is 10.4. The third-order valence-corrected chi connectivity index (χ3v) is 5.80. The van der Waals surface area contributed by atoms with Gasteiger partial charge in [0.2, 0.25) is 0 Å². The van der Waals surface area contributed by atoms with Gasteiger partial charge in [-0.3, -0.25) is 4.90 Å². The van der Waals surface area contributed by atoms with Gasteiger partial charge in [-0.25, -0.2) is 14.5 Å². The molecule has 0 saturated carbocycles. The molecule has 1 fully saturated rings. The Morgan fingerprint density at radius 2 is 1.85 bits per heavy atom. The lowest BCUT2D eigenvalue weighted by Gasteiger charge is -2.26. The van der Waals surface area contributed by atoms with E-state index in [1.54, 1.807) is 6.07 Å². The SMILES string of the molecule is CC(C)c1cc(-c2n[nH]c(=O)n2-c2ccc(COCCN3CCOCC3)cc2)c(O)cc1O. The van der Waals surface area contributed by atoms with E-state index in [1.807, 2.05) is 38.1 Å². The monoisotopic (exact) mass is 454 g/mol. The summed E-state index contributed by atoms with van der Waals surface area (Å²) in [5.74, 6) is 0.163. The van der Waals surface area contributed by atoms with Crippen molar-refractivity contribution in [3.63, 3.8) is 0 Å². The van der Waals surface area contributed by atoms with Crippen LogP contribution >= 0.6 is 0 Å². The highest BCUT2D eigenvalue weighted by atomic mass is 16.5. The molecule has 33 heavy (non-hydrogen) atoms. The number of morpholine rings is 1. The number of hydrogen-bond donors (Lipinski definition) is 3. The average Bonchev–Trinajstić information content (AvgIpc) is 3.18. The van der Waals surface area contributed by atoms with Gasteiger partial charge < -0.3 is 19.7 Å². The Bertz CT molecular complexity index is 1130. The maximum atomic E-state index is 12.5. The second-order valence-corrected chi connectivity index (χ2v) is 8.44. The molecular weight excluding hydrogens is 424 g/mol. The molecule has 0 unspecified atom stereocenters. The molecule has 2 heterocycles. The summed E-state index contributed by atoms with van der Waals surface area (Å²) in [6.07, 6.45) is 0.